The zero-order chi connectivity index (χ0) is 28.0. The highest BCUT2D eigenvalue weighted by atomic mass is 19.1. The minimum absolute atomic E-state index is 0.0226. The number of carbonyl (C=O) groups is 1. The van der Waals surface area contributed by atoms with Crippen molar-refractivity contribution in [3.63, 3.8) is 0 Å². The summed E-state index contributed by atoms with van der Waals surface area (Å²) < 4.78 is 33.1. The molecular formula is C30H25FN4O5. The van der Waals surface area contributed by atoms with Crippen LogP contribution < -0.4 is 15.2 Å². The van der Waals surface area contributed by atoms with E-state index in [1.807, 2.05) is 23.1 Å². The summed E-state index contributed by atoms with van der Waals surface area (Å²) in [4.78, 5) is 37.2. The van der Waals surface area contributed by atoms with Crippen molar-refractivity contribution < 1.29 is 23.1 Å². The van der Waals surface area contributed by atoms with Gasteiger partial charge in [-0.05, 0) is 47.9 Å². The molecule has 1 aliphatic heterocycles. The van der Waals surface area contributed by atoms with Crippen molar-refractivity contribution in [2.75, 3.05) is 25.7 Å². The lowest BCUT2D eigenvalue weighted by molar-refractivity contribution is 0.0600. The summed E-state index contributed by atoms with van der Waals surface area (Å²) in [7, 11) is 4.28. The second kappa shape index (κ2) is 9.96. The topological polar surface area (TPSA) is 99.7 Å². The third-order valence-corrected chi connectivity index (χ3v) is 7.18. The van der Waals surface area contributed by atoms with Gasteiger partial charge in [-0.3, -0.25) is 9.36 Å². The largest absolute Gasteiger partial charge is 0.489 e. The third kappa shape index (κ3) is 4.08. The number of benzene rings is 3. The van der Waals surface area contributed by atoms with Crippen molar-refractivity contribution in [1.29, 1.82) is 0 Å². The summed E-state index contributed by atoms with van der Waals surface area (Å²) in [6.45, 7) is 0.420. The maximum Gasteiger partial charge on any atom is 0.337 e. The predicted octanol–water partition coefficient (Wildman–Crippen LogP) is 4.67. The molecule has 2 aromatic heterocycles. The first-order chi connectivity index (χ1) is 19.4. The average Bonchev–Trinajstić information content (AvgIpc) is 3.42. The average molecular weight is 541 g/mol. The van der Waals surface area contributed by atoms with E-state index >= 15 is 4.39 Å². The van der Waals surface area contributed by atoms with Crippen LogP contribution in [0.3, 0.4) is 0 Å². The number of oxazole rings is 1. The second-order valence-electron chi connectivity index (χ2n) is 9.42. The number of para-hydroxylation sites is 2. The highest BCUT2D eigenvalue weighted by Gasteiger charge is 2.35. The smallest absolute Gasteiger partial charge is 0.337 e. The molecule has 5 aromatic rings. The molecule has 0 saturated carbocycles. The summed E-state index contributed by atoms with van der Waals surface area (Å²) in [5.74, 6) is -0.548. The number of esters is 1. The third-order valence-electron chi connectivity index (χ3n) is 7.18. The molecule has 10 heteroatoms. The molecule has 202 valence electrons. The Kier molecular flexibility index (Phi) is 6.30. The summed E-state index contributed by atoms with van der Waals surface area (Å²) in [5.41, 5.74) is 3.21. The number of methoxy groups -OCH3 is 2. The van der Waals surface area contributed by atoms with Crippen LogP contribution in [0.4, 0.5) is 10.3 Å². The zero-order valence-corrected chi connectivity index (χ0v) is 22.1. The molecule has 0 unspecified atom stereocenters. The number of hydrogen-bond acceptors (Lipinski definition) is 8. The van der Waals surface area contributed by atoms with Gasteiger partial charge in [0.1, 0.15) is 11.3 Å². The Morgan fingerprint density at radius 3 is 2.55 bits per heavy atom. The monoisotopic (exact) mass is 540 g/mol. The lowest BCUT2D eigenvalue weighted by Crippen LogP contribution is -2.41. The summed E-state index contributed by atoms with van der Waals surface area (Å²) in [6, 6.07) is 18.2. The Morgan fingerprint density at radius 1 is 1.02 bits per heavy atom. The molecule has 0 aliphatic carbocycles. The molecule has 0 bridgehead atoms. The van der Waals surface area contributed by atoms with Crippen molar-refractivity contribution in [2.24, 2.45) is 7.05 Å². The molecule has 0 N–H and O–H groups in total. The molecule has 3 heterocycles. The number of anilines is 1. The van der Waals surface area contributed by atoms with Crippen LogP contribution in [-0.2, 0) is 18.2 Å². The fraction of sp³-hybridized carbons (Fsp3) is 0.200. The molecule has 0 amide bonds. The van der Waals surface area contributed by atoms with Gasteiger partial charge >= 0.3 is 5.97 Å². The summed E-state index contributed by atoms with van der Waals surface area (Å²) >= 11 is 0. The summed E-state index contributed by atoms with van der Waals surface area (Å²) in [6.07, 6.45) is 0.571. The number of nitrogens with zero attached hydrogens (tertiary/aromatic N) is 4. The van der Waals surface area contributed by atoms with E-state index in [0.29, 0.717) is 40.8 Å². The van der Waals surface area contributed by atoms with Crippen LogP contribution in [0.2, 0.25) is 0 Å². The van der Waals surface area contributed by atoms with Crippen LogP contribution in [-0.4, -0.2) is 41.3 Å². The van der Waals surface area contributed by atoms with Crippen molar-refractivity contribution in [3.05, 3.63) is 105 Å². The predicted molar refractivity (Wildman–Crippen MR) is 146 cm³/mol. The number of fused-ring (bicyclic) bond motifs is 2. The minimum atomic E-state index is -0.697. The Labute approximate surface area is 228 Å². The standard InChI is InChI=1S/C30H25FN4O5/c1-34-28(36)26(38-2)24(27-32-22-10-6-7-11-23(22)40-27)33-30(34)35-15-14-17-12-13-18(29(37)39-3)16-20(17)25(35)19-8-4-5-9-21(19)31/h4-13,16,25H,14-15H2,1-3H3/t25-/m1/s1. The Hall–Kier alpha value is -4.99. The van der Waals surface area contributed by atoms with Crippen molar-refractivity contribution in [2.45, 2.75) is 12.5 Å². The van der Waals surface area contributed by atoms with E-state index in [0.717, 1.165) is 5.56 Å². The Bertz CT molecular complexity index is 1800. The van der Waals surface area contributed by atoms with E-state index in [9.17, 15) is 9.59 Å². The van der Waals surface area contributed by atoms with Crippen LogP contribution in [0.25, 0.3) is 22.7 Å². The zero-order valence-electron chi connectivity index (χ0n) is 22.1. The number of ether oxygens (including phenoxy) is 2. The molecule has 0 spiro atoms. The molecule has 9 nitrogen and oxygen atoms in total. The molecule has 3 aromatic carbocycles. The Balaban J connectivity index is 1.58. The van der Waals surface area contributed by atoms with E-state index in [1.165, 1.54) is 24.9 Å². The number of hydrogen-bond donors (Lipinski definition) is 0. The van der Waals surface area contributed by atoms with E-state index in [2.05, 4.69) is 4.98 Å². The van der Waals surface area contributed by atoms with Gasteiger partial charge in [-0.25, -0.2) is 19.2 Å². The molecule has 1 atom stereocenters. The van der Waals surface area contributed by atoms with E-state index in [1.54, 1.807) is 49.5 Å². The highest BCUT2D eigenvalue weighted by Crippen LogP contribution is 2.40. The van der Waals surface area contributed by atoms with Crippen molar-refractivity contribution in [1.82, 2.24) is 14.5 Å². The Morgan fingerprint density at radius 2 is 1.80 bits per heavy atom. The van der Waals surface area contributed by atoms with Crippen molar-refractivity contribution in [3.8, 4) is 17.3 Å². The van der Waals surface area contributed by atoms with Gasteiger partial charge in [0, 0.05) is 19.2 Å². The number of carbonyl (C=O) groups excluding carboxylic acids is 1. The van der Waals surface area contributed by atoms with Crippen LogP contribution in [0.5, 0.6) is 5.75 Å². The highest BCUT2D eigenvalue weighted by molar-refractivity contribution is 5.89. The normalized spacial score (nSPS) is 14.7. The fourth-order valence-corrected chi connectivity index (χ4v) is 5.24. The molecule has 0 saturated heterocycles. The van der Waals surface area contributed by atoms with E-state index in [-0.39, 0.29) is 23.3 Å². The quantitative estimate of drug-likeness (QED) is 0.297. The van der Waals surface area contributed by atoms with Gasteiger partial charge in [0.15, 0.2) is 11.3 Å². The molecule has 1 aliphatic rings. The van der Waals surface area contributed by atoms with Gasteiger partial charge in [0.25, 0.3) is 11.4 Å². The van der Waals surface area contributed by atoms with Gasteiger partial charge in [-0.15, -0.1) is 0 Å². The lowest BCUT2D eigenvalue weighted by Gasteiger charge is -2.39. The number of aromatic nitrogens is 3. The first kappa shape index (κ1) is 25.3. The SMILES string of the molecule is COC(=O)c1ccc2c(c1)[C@@H](c1ccccc1F)N(c1nc(-c3nc4ccccc4o3)c(OC)c(=O)n1C)CC2. The maximum atomic E-state index is 15.4. The fourth-order valence-electron chi connectivity index (χ4n) is 5.24. The summed E-state index contributed by atoms with van der Waals surface area (Å²) in [5, 5.41) is 0. The minimum Gasteiger partial charge on any atom is -0.489 e. The molecule has 6 rings (SSSR count). The van der Waals surface area contributed by atoms with E-state index in [4.69, 9.17) is 18.9 Å². The molecule has 0 radical (unpaired) electrons. The first-order valence-electron chi connectivity index (χ1n) is 12.6. The molecule has 0 fully saturated rings. The van der Waals surface area contributed by atoms with Gasteiger partial charge in [-0.1, -0.05) is 36.4 Å². The maximum absolute atomic E-state index is 15.4. The number of halogens is 1. The number of rotatable bonds is 5. The van der Waals surface area contributed by atoms with E-state index < -0.39 is 23.4 Å². The van der Waals surface area contributed by atoms with Crippen LogP contribution in [0, 0.1) is 5.82 Å². The van der Waals surface area contributed by atoms with Gasteiger partial charge in [0.05, 0.1) is 25.8 Å². The van der Waals surface area contributed by atoms with Crippen LogP contribution >= 0.6 is 0 Å². The van der Waals surface area contributed by atoms with Crippen LogP contribution in [0.1, 0.15) is 33.1 Å². The first-order valence-corrected chi connectivity index (χ1v) is 12.6. The molecular weight excluding hydrogens is 515 g/mol. The van der Waals surface area contributed by atoms with Crippen LogP contribution in [0.15, 0.2) is 75.9 Å². The van der Waals surface area contributed by atoms with Gasteiger partial charge in [-0.2, -0.15) is 0 Å². The van der Waals surface area contributed by atoms with Crippen molar-refractivity contribution >= 4 is 23.0 Å². The van der Waals surface area contributed by atoms with Gasteiger partial charge < -0.3 is 18.8 Å². The lowest BCUT2D eigenvalue weighted by atomic mass is 9.87. The van der Waals surface area contributed by atoms with Gasteiger partial charge in [0.2, 0.25) is 11.7 Å². The second-order valence-corrected chi connectivity index (χ2v) is 9.42. The molecule has 40 heavy (non-hydrogen) atoms.